The van der Waals surface area contributed by atoms with Crippen molar-refractivity contribution in [1.82, 2.24) is 0 Å². The van der Waals surface area contributed by atoms with Gasteiger partial charge in [-0.05, 0) is 37.6 Å². The van der Waals surface area contributed by atoms with Gasteiger partial charge in [0.15, 0.2) is 6.61 Å². The van der Waals surface area contributed by atoms with E-state index < -0.39 is 18.7 Å². The van der Waals surface area contributed by atoms with E-state index in [0.29, 0.717) is 11.4 Å². The Hall–Kier alpha value is -2.08. The quantitative estimate of drug-likeness (QED) is 0.814. The molecule has 0 aromatic heterocycles. The van der Waals surface area contributed by atoms with E-state index in [2.05, 4.69) is 5.32 Å². The zero-order valence-electron chi connectivity index (χ0n) is 11.1. The van der Waals surface area contributed by atoms with Gasteiger partial charge < -0.3 is 19.9 Å². The second kappa shape index (κ2) is 6.75. The minimum Gasteiger partial charge on any atom is -0.482 e. The second-order valence-corrected chi connectivity index (χ2v) is 4.03. The van der Waals surface area contributed by atoms with Gasteiger partial charge >= 0.3 is 5.97 Å². The van der Waals surface area contributed by atoms with E-state index in [9.17, 15) is 9.59 Å². The Morgan fingerprint density at radius 3 is 2.63 bits per heavy atom. The molecule has 0 aliphatic rings. The number of amides is 1. The summed E-state index contributed by atoms with van der Waals surface area (Å²) in [4.78, 5) is 22.0. The van der Waals surface area contributed by atoms with Crippen molar-refractivity contribution in [2.45, 2.75) is 20.0 Å². The SMILES string of the molecule is CO[C@H](C)C(=O)Nc1ccc(OCC(=O)O)cc1C. The topological polar surface area (TPSA) is 84.9 Å². The fourth-order valence-electron chi connectivity index (χ4n) is 1.35. The van der Waals surface area contributed by atoms with Crippen LogP contribution in [0.1, 0.15) is 12.5 Å². The molecule has 104 valence electrons. The summed E-state index contributed by atoms with van der Waals surface area (Å²) < 4.78 is 9.95. The van der Waals surface area contributed by atoms with Crippen LogP contribution in [0.4, 0.5) is 5.69 Å². The molecule has 0 radical (unpaired) electrons. The number of carbonyl (C=O) groups excluding carboxylic acids is 1. The zero-order valence-corrected chi connectivity index (χ0v) is 11.1. The molecule has 0 saturated heterocycles. The maximum atomic E-state index is 11.7. The average molecular weight is 267 g/mol. The average Bonchev–Trinajstić information content (AvgIpc) is 2.38. The summed E-state index contributed by atoms with van der Waals surface area (Å²) in [5.74, 6) is -0.841. The van der Waals surface area contributed by atoms with Gasteiger partial charge in [0.05, 0.1) is 0 Å². The van der Waals surface area contributed by atoms with E-state index in [-0.39, 0.29) is 5.91 Å². The Labute approximate surface area is 111 Å². The molecule has 0 unspecified atom stereocenters. The number of benzene rings is 1. The molecule has 6 nitrogen and oxygen atoms in total. The lowest BCUT2D eigenvalue weighted by Crippen LogP contribution is -2.26. The normalized spacial score (nSPS) is 11.7. The Balaban J connectivity index is 2.72. The predicted molar refractivity (Wildman–Crippen MR) is 69.4 cm³/mol. The molecule has 0 aliphatic heterocycles. The number of nitrogens with one attached hydrogen (secondary N) is 1. The van der Waals surface area contributed by atoms with Gasteiger partial charge in [-0.15, -0.1) is 0 Å². The fourth-order valence-corrected chi connectivity index (χ4v) is 1.35. The van der Waals surface area contributed by atoms with Crippen LogP contribution in [-0.4, -0.2) is 36.8 Å². The largest absolute Gasteiger partial charge is 0.482 e. The molecule has 1 aromatic carbocycles. The third-order valence-electron chi connectivity index (χ3n) is 2.54. The van der Waals surface area contributed by atoms with Crippen molar-refractivity contribution in [3.8, 4) is 5.75 Å². The molecule has 1 aromatic rings. The van der Waals surface area contributed by atoms with E-state index in [1.807, 2.05) is 0 Å². The van der Waals surface area contributed by atoms with Gasteiger partial charge in [-0.2, -0.15) is 0 Å². The summed E-state index contributed by atoms with van der Waals surface area (Å²) >= 11 is 0. The molecule has 0 spiro atoms. The molecule has 0 aliphatic carbocycles. The third-order valence-corrected chi connectivity index (χ3v) is 2.54. The first kappa shape index (κ1) is 15.0. The van der Waals surface area contributed by atoms with E-state index in [1.165, 1.54) is 7.11 Å². The minimum absolute atomic E-state index is 0.246. The summed E-state index contributed by atoms with van der Waals surface area (Å²) in [5.41, 5.74) is 1.41. The number of hydrogen-bond donors (Lipinski definition) is 2. The van der Waals surface area contributed by atoms with Gasteiger partial charge in [0, 0.05) is 12.8 Å². The first-order chi connectivity index (χ1) is 8.93. The molecule has 6 heteroatoms. The van der Waals surface area contributed by atoms with Gasteiger partial charge in [0.25, 0.3) is 5.91 Å². The predicted octanol–water partition coefficient (Wildman–Crippen LogP) is 1.43. The highest BCUT2D eigenvalue weighted by Gasteiger charge is 2.13. The van der Waals surface area contributed by atoms with E-state index in [0.717, 1.165) is 5.56 Å². The molecule has 0 fully saturated rings. The van der Waals surface area contributed by atoms with Crippen molar-refractivity contribution in [3.63, 3.8) is 0 Å². The maximum absolute atomic E-state index is 11.7. The highest BCUT2D eigenvalue weighted by Crippen LogP contribution is 2.21. The van der Waals surface area contributed by atoms with Crippen molar-refractivity contribution in [1.29, 1.82) is 0 Å². The Morgan fingerprint density at radius 1 is 1.42 bits per heavy atom. The Morgan fingerprint density at radius 2 is 2.11 bits per heavy atom. The van der Waals surface area contributed by atoms with Gasteiger partial charge in [0.1, 0.15) is 11.9 Å². The summed E-state index contributed by atoms with van der Waals surface area (Å²) in [6, 6.07) is 4.92. The highest BCUT2D eigenvalue weighted by atomic mass is 16.5. The number of aliphatic carboxylic acids is 1. The first-order valence-electron chi connectivity index (χ1n) is 5.73. The number of rotatable bonds is 6. The van der Waals surface area contributed by atoms with Crippen molar-refractivity contribution in [3.05, 3.63) is 23.8 Å². The monoisotopic (exact) mass is 267 g/mol. The van der Waals surface area contributed by atoms with Crippen molar-refractivity contribution >= 4 is 17.6 Å². The summed E-state index contributed by atoms with van der Waals surface area (Å²) in [7, 11) is 1.46. The van der Waals surface area contributed by atoms with Gasteiger partial charge in [0.2, 0.25) is 0 Å². The van der Waals surface area contributed by atoms with Gasteiger partial charge in [-0.3, -0.25) is 4.79 Å². The lowest BCUT2D eigenvalue weighted by atomic mass is 10.2. The number of anilines is 1. The minimum atomic E-state index is -1.04. The number of methoxy groups -OCH3 is 1. The van der Waals surface area contributed by atoms with Crippen LogP contribution in [0.2, 0.25) is 0 Å². The molecule has 1 rings (SSSR count). The summed E-state index contributed by atoms with van der Waals surface area (Å²) in [6.45, 7) is 3.04. The second-order valence-electron chi connectivity index (χ2n) is 4.03. The van der Waals surface area contributed by atoms with Crippen molar-refractivity contribution < 1.29 is 24.2 Å². The molecular formula is C13H17NO5. The molecule has 1 atom stereocenters. The van der Waals surface area contributed by atoms with E-state index in [1.54, 1.807) is 32.0 Å². The van der Waals surface area contributed by atoms with Crippen LogP contribution in [-0.2, 0) is 14.3 Å². The molecular weight excluding hydrogens is 250 g/mol. The first-order valence-corrected chi connectivity index (χ1v) is 5.73. The molecule has 1 amide bonds. The summed E-state index contributed by atoms with van der Waals surface area (Å²) in [5, 5.41) is 11.2. The maximum Gasteiger partial charge on any atom is 0.341 e. The number of ether oxygens (including phenoxy) is 2. The van der Waals surface area contributed by atoms with Crippen LogP contribution in [0.15, 0.2) is 18.2 Å². The zero-order chi connectivity index (χ0) is 14.4. The van der Waals surface area contributed by atoms with Gasteiger partial charge in [-0.1, -0.05) is 0 Å². The number of aryl methyl sites for hydroxylation is 1. The van der Waals surface area contributed by atoms with E-state index in [4.69, 9.17) is 14.6 Å². The summed E-state index contributed by atoms with van der Waals surface area (Å²) in [6.07, 6.45) is -0.540. The molecule has 0 bridgehead atoms. The van der Waals surface area contributed by atoms with Crippen molar-refractivity contribution in [2.24, 2.45) is 0 Å². The molecule has 2 N–H and O–H groups in total. The van der Waals surface area contributed by atoms with Crippen LogP contribution in [0.5, 0.6) is 5.75 Å². The smallest absolute Gasteiger partial charge is 0.341 e. The number of carboxylic acid groups (broad SMARTS) is 1. The highest BCUT2D eigenvalue weighted by molar-refractivity contribution is 5.94. The Kier molecular flexibility index (Phi) is 5.32. The van der Waals surface area contributed by atoms with Crippen LogP contribution in [0, 0.1) is 6.92 Å². The molecule has 19 heavy (non-hydrogen) atoms. The number of carbonyl (C=O) groups is 2. The van der Waals surface area contributed by atoms with Crippen molar-refractivity contribution in [2.75, 3.05) is 19.0 Å². The molecule has 0 heterocycles. The van der Waals surface area contributed by atoms with Crippen LogP contribution >= 0.6 is 0 Å². The Bertz CT molecular complexity index is 472. The lowest BCUT2D eigenvalue weighted by Gasteiger charge is -2.13. The molecule has 0 saturated carbocycles. The van der Waals surface area contributed by atoms with Crippen LogP contribution < -0.4 is 10.1 Å². The lowest BCUT2D eigenvalue weighted by molar-refractivity contribution is -0.139. The standard InChI is InChI=1S/C13H17NO5/c1-8-6-10(19-7-12(15)16)4-5-11(8)14-13(17)9(2)18-3/h4-6,9H,7H2,1-3H3,(H,14,17)(H,15,16)/t9-/m1/s1. The van der Waals surface area contributed by atoms with E-state index >= 15 is 0 Å². The fraction of sp³-hybridized carbons (Fsp3) is 0.385. The number of carboxylic acids is 1. The van der Waals surface area contributed by atoms with Gasteiger partial charge in [-0.25, -0.2) is 4.79 Å². The number of hydrogen-bond acceptors (Lipinski definition) is 4. The van der Waals surface area contributed by atoms with Crippen LogP contribution in [0.25, 0.3) is 0 Å². The third kappa shape index (κ3) is 4.59. The van der Waals surface area contributed by atoms with Crippen LogP contribution in [0.3, 0.4) is 0 Å².